The molecule has 0 saturated carbocycles. The second-order valence-electron chi connectivity index (χ2n) is 7.76. The van der Waals surface area contributed by atoms with Gasteiger partial charge in [0.05, 0.1) is 32.9 Å². The number of Topliss-reactive ketones (excluding diaryl/α,β-unsaturated/α-hetero) is 1. The zero-order valence-corrected chi connectivity index (χ0v) is 19.2. The van der Waals surface area contributed by atoms with Gasteiger partial charge in [-0.15, -0.1) is 0 Å². The average Bonchev–Trinajstić information content (AvgIpc) is 3.06. The standard InChI is InChI=1S/C24H27FN2O6/c1-26(2)10-11-27-20(15-12-17(31-3)23(33-5)18(13-15)32-4)19(22(29)24(27)30)21(28)14-6-8-16(25)9-7-14/h6-9,12-13,20,28H,10-11H2,1-5H3/b21-19+. The van der Waals surface area contributed by atoms with E-state index in [0.29, 0.717) is 29.4 Å². The molecule has 0 radical (unpaired) electrons. The molecular weight excluding hydrogens is 431 g/mol. The molecular formula is C24H27FN2O6. The molecule has 2 aromatic carbocycles. The molecule has 1 unspecified atom stereocenters. The molecule has 0 spiro atoms. The van der Waals surface area contributed by atoms with E-state index in [9.17, 15) is 19.1 Å². The maximum atomic E-state index is 13.4. The van der Waals surface area contributed by atoms with E-state index in [2.05, 4.69) is 0 Å². The summed E-state index contributed by atoms with van der Waals surface area (Å²) in [4.78, 5) is 29.4. The van der Waals surface area contributed by atoms with Gasteiger partial charge in [-0.25, -0.2) is 4.39 Å². The van der Waals surface area contributed by atoms with E-state index in [1.54, 1.807) is 12.1 Å². The number of aliphatic hydroxyl groups is 1. The quantitative estimate of drug-likeness (QED) is 0.370. The predicted octanol–water partition coefficient (Wildman–Crippen LogP) is 2.83. The van der Waals surface area contributed by atoms with Crippen molar-refractivity contribution < 1.29 is 33.3 Å². The van der Waals surface area contributed by atoms with Crippen molar-refractivity contribution in [3.63, 3.8) is 0 Å². The van der Waals surface area contributed by atoms with Crippen LogP contribution in [0, 0.1) is 5.82 Å². The summed E-state index contributed by atoms with van der Waals surface area (Å²) in [6, 6.07) is 7.41. The van der Waals surface area contributed by atoms with Gasteiger partial charge in [-0.2, -0.15) is 0 Å². The third kappa shape index (κ3) is 4.63. The Bertz CT molecular complexity index is 1060. The van der Waals surface area contributed by atoms with E-state index in [4.69, 9.17) is 14.2 Å². The Labute approximate surface area is 191 Å². The summed E-state index contributed by atoms with van der Waals surface area (Å²) < 4.78 is 29.7. The predicted molar refractivity (Wildman–Crippen MR) is 120 cm³/mol. The van der Waals surface area contributed by atoms with Crippen LogP contribution in [0.25, 0.3) is 5.76 Å². The molecule has 1 amide bonds. The van der Waals surface area contributed by atoms with Crippen LogP contribution < -0.4 is 14.2 Å². The lowest BCUT2D eigenvalue weighted by Gasteiger charge is -2.27. The Morgan fingerprint density at radius 2 is 1.61 bits per heavy atom. The van der Waals surface area contributed by atoms with Crippen molar-refractivity contribution in [1.29, 1.82) is 0 Å². The Balaban J connectivity index is 2.25. The molecule has 0 bridgehead atoms. The highest BCUT2D eigenvalue weighted by atomic mass is 19.1. The number of amides is 1. The highest BCUT2D eigenvalue weighted by molar-refractivity contribution is 6.46. The highest BCUT2D eigenvalue weighted by Crippen LogP contribution is 2.45. The second-order valence-corrected chi connectivity index (χ2v) is 7.76. The van der Waals surface area contributed by atoms with Crippen molar-refractivity contribution in [1.82, 2.24) is 9.80 Å². The number of nitrogens with zero attached hydrogens (tertiary/aromatic N) is 2. The van der Waals surface area contributed by atoms with Gasteiger partial charge in [0.2, 0.25) is 5.75 Å². The fourth-order valence-corrected chi connectivity index (χ4v) is 3.79. The summed E-state index contributed by atoms with van der Waals surface area (Å²) in [6.07, 6.45) is 0. The number of carbonyl (C=O) groups excluding carboxylic acids is 2. The number of likely N-dealkylation sites (tertiary alicyclic amines) is 1. The van der Waals surface area contributed by atoms with E-state index < -0.39 is 23.5 Å². The largest absolute Gasteiger partial charge is 0.507 e. The van der Waals surface area contributed by atoms with Crippen molar-refractivity contribution in [2.45, 2.75) is 6.04 Å². The smallest absolute Gasteiger partial charge is 0.295 e. The van der Waals surface area contributed by atoms with Gasteiger partial charge in [-0.05, 0) is 56.1 Å². The molecule has 0 aliphatic carbocycles. The zero-order valence-electron chi connectivity index (χ0n) is 19.2. The number of rotatable bonds is 8. The number of ketones is 1. The third-order valence-electron chi connectivity index (χ3n) is 5.45. The summed E-state index contributed by atoms with van der Waals surface area (Å²) in [5.74, 6) is -1.40. The lowest BCUT2D eigenvalue weighted by Crippen LogP contribution is -2.35. The molecule has 1 saturated heterocycles. The molecule has 1 heterocycles. The molecule has 3 rings (SSSR count). The van der Waals surface area contributed by atoms with Crippen LogP contribution in [0.4, 0.5) is 4.39 Å². The Kier molecular flexibility index (Phi) is 7.23. The minimum Gasteiger partial charge on any atom is -0.507 e. The minimum absolute atomic E-state index is 0.0976. The molecule has 1 aliphatic heterocycles. The molecule has 176 valence electrons. The molecule has 1 N–H and O–H groups in total. The molecule has 1 atom stereocenters. The monoisotopic (exact) mass is 458 g/mol. The number of benzene rings is 2. The van der Waals surface area contributed by atoms with Crippen LogP contribution in [-0.2, 0) is 9.59 Å². The zero-order chi connectivity index (χ0) is 24.3. The number of likely N-dealkylation sites (N-methyl/N-ethyl adjacent to an activating group) is 1. The van der Waals surface area contributed by atoms with Gasteiger partial charge in [-0.1, -0.05) is 0 Å². The SMILES string of the molecule is COc1cc(C2/C(=C(\O)c3ccc(F)cc3)C(=O)C(=O)N2CCN(C)C)cc(OC)c1OC. The number of halogens is 1. The normalized spacial score (nSPS) is 17.5. The molecule has 33 heavy (non-hydrogen) atoms. The minimum atomic E-state index is -0.913. The Hall–Kier alpha value is -3.59. The van der Waals surface area contributed by atoms with Gasteiger partial charge in [0.1, 0.15) is 11.6 Å². The lowest BCUT2D eigenvalue weighted by molar-refractivity contribution is -0.140. The van der Waals surface area contributed by atoms with Crippen LogP contribution in [0.5, 0.6) is 17.2 Å². The number of ether oxygens (including phenoxy) is 3. The fourth-order valence-electron chi connectivity index (χ4n) is 3.79. The van der Waals surface area contributed by atoms with Gasteiger partial charge < -0.3 is 29.1 Å². The summed E-state index contributed by atoms with van der Waals surface area (Å²) >= 11 is 0. The van der Waals surface area contributed by atoms with Crippen molar-refractivity contribution in [2.75, 3.05) is 48.5 Å². The first-order valence-electron chi connectivity index (χ1n) is 10.2. The maximum Gasteiger partial charge on any atom is 0.295 e. The van der Waals surface area contributed by atoms with Crippen molar-refractivity contribution in [2.24, 2.45) is 0 Å². The van der Waals surface area contributed by atoms with Gasteiger partial charge in [-0.3, -0.25) is 9.59 Å². The summed E-state index contributed by atoms with van der Waals surface area (Å²) in [6.45, 7) is 0.726. The fraction of sp³-hybridized carbons (Fsp3) is 0.333. The van der Waals surface area contributed by atoms with E-state index in [1.165, 1.54) is 50.5 Å². The summed E-state index contributed by atoms with van der Waals surface area (Å²) in [5.41, 5.74) is 0.616. The summed E-state index contributed by atoms with van der Waals surface area (Å²) in [5, 5.41) is 11.0. The van der Waals surface area contributed by atoms with E-state index in [-0.39, 0.29) is 23.4 Å². The van der Waals surface area contributed by atoms with Crippen LogP contribution in [0.3, 0.4) is 0 Å². The topological polar surface area (TPSA) is 88.5 Å². The van der Waals surface area contributed by atoms with Gasteiger partial charge in [0, 0.05) is 18.7 Å². The molecule has 0 aromatic heterocycles. The highest BCUT2D eigenvalue weighted by Gasteiger charge is 2.46. The van der Waals surface area contributed by atoms with Crippen molar-refractivity contribution in [3.05, 3.63) is 58.9 Å². The molecule has 2 aromatic rings. The average molecular weight is 458 g/mol. The number of aliphatic hydroxyl groups excluding tert-OH is 1. The number of hydrogen-bond donors (Lipinski definition) is 1. The van der Waals surface area contributed by atoms with E-state index in [0.717, 1.165) is 0 Å². The van der Waals surface area contributed by atoms with Crippen LogP contribution in [0.1, 0.15) is 17.2 Å². The van der Waals surface area contributed by atoms with E-state index in [1.807, 2.05) is 19.0 Å². The molecule has 9 heteroatoms. The number of methoxy groups -OCH3 is 3. The molecule has 1 aliphatic rings. The first-order valence-corrected chi connectivity index (χ1v) is 10.2. The lowest BCUT2D eigenvalue weighted by atomic mass is 9.94. The Morgan fingerprint density at radius 3 is 2.09 bits per heavy atom. The Morgan fingerprint density at radius 1 is 1.03 bits per heavy atom. The number of carbonyl (C=O) groups is 2. The van der Waals surface area contributed by atoms with Crippen LogP contribution in [-0.4, -0.2) is 75.1 Å². The summed E-state index contributed by atoms with van der Waals surface area (Å²) in [7, 11) is 8.09. The molecule has 1 fully saturated rings. The van der Waals surface area contributed by atoms with Crippen LogP contribution >= 0.6 is 0 Å². The molecule has 8 nitrogen and oxygen atoms in total. The maximum absolute atomic E-state index is 13.4. The van der Waals surface area contributed by atoms with Crippen molar-refractivity contribution in [3.8, 4) is 17.2 Å². The first-order chi connectivity index (χ1) is 15.7. The van der Waals surface area contributed by atoms with Crippen molar-refractivity contribution >= 4 is 17.4 Å². The third-order valence-corrected chi connectivity index (χ3v) is 5.45. The second kappa shape index (κ2) is 9.91. The van der Waals surface area contributed by atoms with Gasteiger partial charge in [0.15, 0.2) is 11.5 Å². The van der Waals surface area contributed by atoms with Crippen LogP contribution in [0.2, 0.25) is 0 Å². The first kappa shape index (κ1) is 24.1. The van der Waals surface area contributed by atoms with E-state index >= 15 is 0 Å². The number of hydrogen-bond acceptors (Lipinski definition) is 7. The van der Waals surface area contributed by atoms with Gasteiger partial charge in [0.25, 0.3) is 11.7 Å². The van der Waals surface area contributed by atoms with Crippen LogP contribution in [0.15, 0.2) is 42.0 Å². The van der Waals surface area contributed by atoms with Gasteiger partial charge >= 0.3 is 0 Å².